The average Bonchev–Trinajstić information content (AvgIpc) is 2.55. The molecule has 22 heavy (non-hydrogen) atoms. The van der Waals surface area contributed by atoms with E-state index >= 15 is 0 Å². The van der Waals surface area contributed by atoms with Gasteiger partial charge in [-0.3, -0.25) is 10.6 Å². The van der Waals surface area contributed by atoms with Gasteiger partial charge in [-0.15, -0.1) is 0 Å². The number of anilines is 2. The van der Waals surface area contributed by atoms with Gasteiger partial charge in [0.1, 0.15) is 11.9 Å². The molecule has 0 aliphatic heterocycles. The molecule has 2 heterocycles. The predicted octanol–water partition coefficient (Wildman–Crippen LogP) is 2.54. The number of hydrogen-bond donors (Lipinski definition) is 2. The molecule has 0 saturated heterocycles. The number of aromatic nitrogens is 3. The van der Waals surface area contributed by atoms with Gasteiger partial charge in [-0.05, 0) is 11.5 Å². The molecule has 3 rings (SSSR count). The van der Waals surface area contributed by atoms with Crippen molar-refractivity contribution in [3.05, 3.63) is 54.6 Å². The number of nitriles is 1. The topological polar surface area (TPSA) is 104 Å². The van der Waals surface area contributed by atoms with Gasteiger partial charge in [0.15, 0.2) is 11.5 Å². The van der Waals surface area contributed by atoms with Gasteiger partial charge in [0.25, 0.3) is 0 Å². The molecule has 0 fully saturated rings. The van der Waals surface area contributed by atoms with E-state index < -0.39 is 6.03 Å². The van der Waals surface area contributed by atoms with Crippen molar-refractivity contribution in [1.82, 2.24) is 15.0 Å². The molecule has 0 saturated carbocycles. The number of amides is 2. The number of nitrogens with zero attached hydrogens (tertiary/aromatic N) is 4. The molecule has 0 atom stereocenters. The van der Waals surface area contributed by atoms with Gasteiger partial charge < -0.3 is 0 Å². The lowest BCUT2D eigenvalue weighted by Crippen LogP contribution is -2.20. The molecule has 106 valence electrons. The van der Waals surface area contributed by atoms with Crippen LogP contribution in [0.25, 0.3) is 10.8 Å². The summed E-state index contributed by atoms with van der Waals surface area (Å²) in [6.07, 6.45) is 4.28. The summed E-state index contributed by atoms with van der Waals surface area (Å²) in [5, 5.41) is 15.7. The number of carbonyl (C=O) groups is 1. The predicted molar refractivity (Wildman–Crippen MR) is 81.1 cm³/mol. The number of carbonyl (C=O) groups excluding carboxylic acids is 1. The molecule has 2 N–H and O–H groups in total. The molecule has 1 aromatic carbocycles. The molecular weight excluding hydrogens is 280 g/mol. The van der Waals surface area contributed by atoms with Crippen molar-refractivity contribution < 1.29 is 4.79 Å². The Balaban J connectivity index is 1.71. The first kappa shape index (κ1) is 13.5. The van der Waals surface area contributed by atoms with E-state index in [4.69, 9.17) is 5.26 Å². The van der Waals surface area contributed by atoms with E-state index in [0.717, 1.165) is 10.8 Å². The summed E-state index contributed by atoms with van der Waals surface area (Å²) in [4.78, 5) is 23.8. The van der Waals surface area contributed by atoms with E-state index in [9.17, 15) is 4.79 Å². The van der Waals surface area contributed by atoms with Gasteiger partial charge in [0, 0.05) is 11.6 Å². The van der Waals surface area contributed by atoms with Gasteiger partial charge in [-0.2, -0.15) is 5.26 Å². The van der Waals surface area contributed by atoms with Gasteiger partial charge >= 0.3 is 6.03 Å². The zero-order valence-electron chi connectivity index (χ0n) is 11.3. The molecule has 0 bridgehead atoms. The number of urea groups is 1. The summed E-state index contributed by atoms with van der Waals surface area (Å²) in [5.74, 6) is 0.676. The molecule has 0 aliphatic rings. The second-order valence-electron chi connectivity index (χ2n) is 4.39. The Morgan fingerprint density at radius 2 is 1.68 bits per heavy atom. The number of benzene rings is 1. The molecule has 0 radical (unpaired) electrons. The van der Waals surface area contributed by atoms with Crippen LogP contribution in [0.5, 0.6) is 0 Å². The Bertz CT molecular complexity index is 869. The van der Waals surface area contributed by atoms with Crippen LogP contribution < -0.4 is 10.6 Å². The lowest BCUT2D eigenvalue weighted by atomic mass is 10.2. The van der Waals surface area contributed by atoms with E-state index in [2.05, 4.69) is 25.6 Å². The van der Waals surface area contributed by atoms with Crippen molar-refractivity contribution in [1.29, 1.82) is 5.26 Å². The van der Waals surface area contributed by atoms with Crippen LogP contribution in [0.3, 0.4) is 0 Å². The number of rotatable bonds is 2. The van der Waals surface area contributed by atoms with Crippen molar-refractivity contribution in [2.24, 2.45) is 0 Å². The molecule has 7 nitrogen and oxygen atoms in total. The van der Waals surface area contributed by atoms with Crippen LogP contribution in [0.2, 0.25) is 0 Å². The highest BCUT2D eigenvalue weighted by Crippen LogP contribution is 2.16. The van der Waals surface area contributed by atoms with Crippen molar-refractivity contribution in [2.75, 3.05) is 10.6 Å². The fourth-order valence-electron chi connectivity index (χ4n) is 1.87. The summed E-state index contributed by atoms with van der Waals surface area (Å²) in [6, 6.07) is 10.9. The van der Waals surface area contributed by atoms with Gasteiger partial charge in [0.2, 0.25) is 0 Å². The Morgan fingerprint density at radius 1 is 0.955 bits per heavy atom. The molecular formula is C15H10N6O. The third-order valence-electron chi connectivity index (χ3n) is 2.88. The van der Waals surface area contributed by atoms with Crippen molar-refractivity contribution >= 4 is 28.4 Å². The van der Waals surface area contributed by atoms with Crippen molar-refractivity contribution in [2.45, 2.75) is 0 Å². The first-order valence-electron chi connectivity index (χ1n) is 6.39. The molecule has 2 amide bonds. The molecule has 7 heteroatoms. The molecule has 0 unspecified atom stereocenters. The maximum Gasteiger partial charge on any atom is 0.326 e. The van der Waals surface area contributed by atoms with Crippen LogP contribution in [0.4, 0.5) is 16.4 Å². The Hall–Kier alpha value is -3.53. The van der Waals surface area contributed by atoms with Crippen LogP contribution >= 0.6 is 0 Å². The Kier molecular flexibility index (Phi) is 3.58. The van der Waals surface area contributed by atoms with E-state index in [0.29, 0.717) is 5.82 Å². The van der Waals surface area contributed by atoms with E-state index in [1.54, 1.807) is 12.3 Å². The zero-order chi connectivity index (χ0) is 15.4. The Morgan fingerprint density at radius 3 is 2.41 bits per heavy atom. The SMILES string of the molecule is N#Cc1cnc(NC(=O)Nc2cc3ccccc3cn2)cn1. The zero-order valence-corrected chi connectivity index (χ0v) is 11.3. The monoisotopic (exact) mass is 290 g/mol. The minimum absolute atomic E-state index is 0.183. The highest BCUT2D eigenvalue weighted by atomic mass is 16.2. The first-order chi connectivity index (χ1) is 10.7. The molecule has 0 aliphatic carbocycles. The van der Waals surface area contributed by atoms with Crippen molar-refractivity contribution in [3.63, 3.8) is 0 Å². The molecule has 3 aromatic rings. The highest BCUT2D eigenvalue weighted by Gasteiger charge is 2.05. The second kappa shape index (κ2) is 5.85. The minimum atomic E-state index is -0.484. The van der Waals surface area contributed by atoms with Gasteiger partial charge in [-0.25, -0.2) is 19.7 Å². The normalized spacial score (nSPS) is 9.95. The van der Waals surface area contributed by atoms with Crippen LogP contribution in [0, 0.1) is 11.3 Å². The number of hydrogen-bond acceptors (Lipinski definition) is 5. The third kappa shape index (κ3) is 2.96. The summed E-state index contributed by atoms with van der Waals surface area (Å²) in [6.45, 7) is 0. The third-order valence-corrected chi connectivity index (χ3v) is 2.88. The summed E-state index contributed by atoms with van der Waals surface area (Å²) in [7, 11) is 0. The van der Waals surface area contributed by atoms with Crippen LogP contribution in [-0.4, -0.2) is 21.0 Å². The summed E-state index contributed by atoms with van der Waals surface area (Å²) < 4.78 is 0. The molecule has 0 spiro atoms. The van der Waals surface area contributed by atoms with E-state index in [-0.39, 0.29) is 11.5 Å². The minimum Gasteiger partial charge on any atom is -0.292 e. The summed E-state index contributed by atoms with van der Waals surface area (Å²) in [5.41, 5.74) is 0.183. The average molecular weight is 290 g/mol. The number of pyridine rings is 1. The van der Waals surface area contributed by atoms with Gasteiger partial charge in [0.05, 0.1) is 12.4 Å². The smallest absolute Gasteiger partial charge is 0.292 e. The van der Waals surface area contributed by atoms with Crippen LogP contribution in [0.15, 0.2) is 48.9 Å². The standard InChI is InChI=1S/C15H10N6O/c16-6-12-8-19-14(9-17-12)21-15(22)20-13-5-10-3-1-2-4-11(10)7-18-13/h1-5,7-9H,(H2,18,19,20,21,22). The maximum absolute atomic E-state index is 11.9. The first-order valence-corrected chi connectivity index (χ1v) is 6.39. The largest absolute Gasteiger partial charge is 0.326 e. The quantitative estimate of drug-likeness (QED) is 0.754. The van der Waals surface area contributed by atoms with Gasteiger partial charge in [-0.1, -0.05) is 24.3 Å². The van der Waals surface area contributed by atoms with Crippen LogP contribution in [-0.2, 0) is 0 Å². The number of nitrogens with one attached hydrogen (secondary N) is 2. The number of fused-ring (bicyclic) bond motifs is 1. The van der Waals surface area contributed by atoms with Crippen LogP contribution in [0.1, 0.15) is 5.69 Å². The maximum atomic E-state index is 11.9. The fourth-order valence-corrected chi connectivity index (χ4v) is 1.87. The lowest BCUT2D eigenvalue weighted by molar-refractivity contribution is 0.262. The second-order valence-corrected chi connectivity index (χ2v) is 4.39. The van der Waals surface area contributed by atoms with E-state index in [1.807, 2.05) is 30.3 Å². The summed E-state index contributed by atoms with van der Waals surface area (Å²) >= 11 is 0. The van der Waals surface area contributed by atoms with E-state index in [1.165, 1.54) is 12.4 Å². The Labute approximate surface area is 125 Å². The fraction of sp³-hybridized carbons (Fsp3) is 0. The highest BCUT2D eigenvalue weighted by molar-refractivity contribution is 5.99. The lowest BCUT2D eigenvalue weighted by Gasteiger charge is -2.06. The molecule has 2 aromatic heterocycles. The van der Waals surface area contributed by atoms with Crippen molar-refractivity contribution in [3.8, 4) is 6.07 Å².